The fraction of sp³-hybridized carbons (Fsp3) is 0.267. The third-order valence-electron chi connectivity index (χ3n) is 6.35. The lowest BCUT2D eigenvalue weighted by Gasteiger charge is -2.39. The van der Waals surface area contributed by atoms with E-state index in [1.54, 1.807) is 0 Å². The smallest absolute Gasteiger partial charge is 0.0670 e. The number of rotatable bonds is 6. The maximum atomic E-state index is 2.39. The fourth-order valence-corrected chi connectivity index (χ4v) is 5.11. The Morgan fingerprint density at radius 3 is 1.57 bits per heavy atom. The summed E-state index contributed by atoms with van der Waals surface area (Å²) in [5, 5.41) is 0. The highest BCUT2D eigenvalue weighted by Gasteiger charge is 2.41. The van der Waals surface area contributed by atoms with E-state index in [2.05, 4.69) is 113 Å². The van der Waals surface area contributed by atoms with Gasteiger partial charge >= 0.3 is 0 Å². The molecular weight excluding hydrogens is 360 g/mol. The van der Waals surface area contributed by atoms with Crippen LogP contribution in [0.25, 0.3) is 0 Å². The van der Waals surface area contributed by atoms with Gasteiger partial charge in [-0.15, -0.1) is 0 Å². The summed E-state index contributed by atoms with van der Waals surface area (Å²) in [4.78, 5) is 0. The lowest BCUT2D eigenvalue weighted by molar-refractivity contribution is 0.694. The summed E-state index contributed by atoms with van der Waals surface area (Å²) < 4.78 is 0. The molecule has 0 radical (unpaired) electrons. The van der Waals surface area contributed by atoms with Gasteiger partial charge in [-0.2, -0.15) is 0 Å². The second-order valence-electron chi connectivity index (χ2n) is 8.72. The van der Waals surface area contributed by atoms with Crippen LogP contribution in [-0.4, -0.2) is 0 Å². The summed E-state index contributed by atoms with van der Waals surface area (Å²) in [6, 6.07) is 27.4. The van der Waals surface area contributed by atoms with E-state index in [0.717, 1.165) is 19.3 Å². The van der Waals surface area contributed by atoms with E-state index in [1.807, 2.05) is 0 Å². The predicted molar refractivity (Wildman–Crippen MR) is 129 cm³/mol. The topological polar surface area (TPSA) is 0 Å². The second kappa shape index (κ2) is 8.48. The Bertz CT molecular complexity index is 999. The average Bonchev–Trinajstić information content (AvgIpc) is 3.18. The highest BCUT2D eigenvalue weighted by atomic mass is 14.4. The summed E-state index contributed by atoms with van der Waals surface area (Å²) in [6.07, 6.45) is 8.02. The molecule has 30 heavy (non-hydrogen) atoms. The molecule has 0 aliphatic heterocycles. The maximum Gasteiger partial charge on any atom is 0.0670 e. The van der Waals surface area contributed by atoms with E-state index in [-0.39, 0.29) is 5.41 Å². The molecule has 1 aliphatic rings. The highest BCUT2D eigenvalue weighted by Crippen LogP contribution is 2.50. The van der Waals surface area contributed by atoms with Gasteiger partial charge in [-0.05, 0) is 61.4 Å². The second-order valence-corrected chi connectivity index (χ2v) is 8.72. The number of hydrogen-bond acceptors (Lipinski definition) is 0. The largest absolute Gasteiger partial charge is 0.0801 e. The fourth-order valence-electron chi connectivity index (χ4n) is 5.11. The van der Waals surface area contributed by atoms with Crippen LogP contribution in [0.3, 0.4) is 0 Å². The van der Waals surface area contributed by atoms with Crippen molar-refractivity contribution >= 4 is 0 Å². The number of hydrogen-bond donors (Lipinski definition) is 0. The lowest BCUT2D eigenvalue weighted by Crippen LogP contribution is -2.32. The van der Waals surface area contributed by atoms with Crippen LogP contribution in [0, 0.1) is 20.8 Å². The third kappa shape index (κ3) is 3.56. The molecule has 0 aromatic heterocycles. The van der Waals surface area contributed by atoms with Crippen LogP contribution in [0.5, 0.6) is 0 Å². The van der Waals surface area contributed by atoms with Gasteiger partial charge in [0.15, 0.2) is 0 Å². The number of allylic oxidation sites excluding steroid dienone is 4. The summed E-state index contributed by atoms with van der Waals surface area (Å²) >= 11 is 0. The van der Waals surface area contributed by atoms with E-state index in [1.165, 1.54) is 44.5 Å². The van der Waals surface area contributed by atoms with Gasteiger partial charge in [0.2, 0.25) is 0 Å². The zero-order valence-electron chi connectivity index (χ0n) is 18.7. The molecular formula is C30H32. The van der Waals surface area contributed by atoms with Gasteiger partial charge in [-0.1, -0.05) is 115 Å². The van der Waals surface area contributed by atoms with E-state index >= 15 is 0 Å². The Kier molecular flexibility index (Phi) is 5.77. The molecule has 4 rings (SSSR count). The van der Waals surface area contributed by atoms with Gasteiger partial charge in [0.05, 0.1) is 5.41 Å². The van der Waals surface area contributed by atoms with E-state index in [9.17, 15) is 0 Å². The van der Waals surface area contributed by atoms with Crippen LogP contribution in [0.15, 0.2) is 96.1 Å². The van der Waals surface area contributed by atoms with Gasteiger partial charge < -0.3 is 0 Å². The minimum absolute atomic E-state index is 0.280. The Hall–Kier alpha value is -2.86. The molecule has 0 unspecified atom stereocenters. The minimum atomic E-state index is -0.280. The first kappa shape index (κ1) is 20.4. The molecule has 0 heteroatoms. The lowest BCUT2D eigenvalue weighted by atomic mass is 9.62. The molecule has 0 N–H and O–H groups in total. The molecule has 0 atom stereocenters. The molecule has 0 spiro atoms. The average molecular weight is 393 g/mol. The van der Waals surface area contributed by atoms with E-state index in [0.29, 0.717) is 0 Å². The minimum Gasteiger partial charge on any atom is -0.0801 e. The van der Waals surface area contributed by atoms with Crippen molar-refractivity contribution in [2.24, 2.45) is 0 Å². The zero-order valence-corrected chi connectivity index (χ0v) is 18.7. The maximum absolute atomic E-state index is 2.39. The first-order chi connectivity index (χ1) is 14.6. The Morgan fingerprint density at radius 1 is 0.700 bits per heavy atom. The first-order valence-corrected chi connectivity index (χ1v) is 11.2. The molecule has 0 heterocycles. The van der Waals surface area contributed by atoms with Crippen LogP contribution in [-0.2, 0) is 5.41 Å². The van der Waals surface area contributed by atoms with Gasteiger partial charge in [-0.3, -0.25) is 0 Å². The Morgan fingerprint density at radius 2 is 1.17 bits per heavy atom. The van der Waals surface area contributed by atoms with Crippen molar-refractivity contribution in [3.05, 3.63) is 129 Å². The molecule has 152 valence electrons. The predicted octanol–water partition coefficient (Wildman–Crippen LogP) is 8.00. The Balaban J connectivity index is 2.15. The highest BCUT2D eigenvalue weighted by molar-refractivity contribution is 5.63. The quantitative estimate of drug-likeness (QED) is 0.373. The number of aryl methyl sites for hydroxylation is 3. The molecule has 0 saturated heterocycles. The third-order valence-corrected chi connectivity index (χ3v) is 6.35. The molecule has 3 aromatic carbocycles. The first-order valence-electron chi connectivity index (χ1n) is 11.2. The van der Waals surface area contributed by atoms with Crippen molar-refractivity contribution < 1.29 is 0 Å². The molecule has 0 saturated carbocycles. The van der Waals surface area contributed by atoms with Crippen molar-refractivity contribution in [1.82, 2.24) is 0 Å². The molecule has 0 bridgehead atoms. The molecule has 0 fully saturated rings. The SMILES string of the molecule is CCCC1=C(C(c2cccc(C)c2)(c2cccc(C)c2)c2cccc(C)c2)CC=C1. The van der Waals surface area contributed by atoms with Gasteiger partial charge in [0.25, 0.3) is 0 Å². The van der Waals surface area contributed by atoms with E-state index in [4.69, 9.17) is 0 Å². The zero-order chi connectivity index (χ0) is 21.1. The molecule has 3 aromatic rings. The standard InChI is InChI=1S/C30H32/c1-5-10-25-14-9-18-29(25)30(26-15-6-11-22(2)19-26,27-16-7-12-23(3)20-27)28-17-8-13-24(4)21-28/h6-9,11-17,19-21H,5,10,18H2,1-4H3. The monoisotopic (exact) mass is 392 g/mol. The molecule has 0 amide bonds. The molecule has 0 nitrogen and oxygen atoms in total. The van der Waals surface area contributed by atoms with Crippen molar-refractivity contribution in [3.63, 3.8) is 0 Å². The van der Waals surface area contributed by atoms with Crippen LogP contribution < -0.4 is 0 Å². The van der Waals surface area contributed by atoms with Gasteiger partial charge in [0, 0.05) is 0 Å². The Labute approximate surface area is 182 Å². The molecule has 1 aliphatic carbocycles. The summed E-state index contributed by atoms with van der Waals surface area (Å²) in [7, 11) is 0. The van der Waals surface area contributed by atoms with Crippen LogP contribution in [0.2, 0.25) is 0 Å². The van der Waals surface area contributed by atoms with Crippen LogP contribution >= 0.6 is 0 Å². The summed E-state index contributed by atoms with van der Waals surface area (Å²) in [6.45, 7) is 8.89. The summed E-state index contributed by atoms with van der Waals surface area (Å²) in [5.41, 5.74) is 10.8. The summed E-state index contributed by atoms with van der Waals surface area (Å²) in [5.74, 6) is 0. The van der Waals surface area contributed by atoms with E-state index < -0.39 is 0 Å². The normalized spacial score (nSPS) is 13.9. The van der Waals surface area contributed by atoms with Crippen LogP contribution in [0.4, 0.5) is 0 Å². The van der Waals surface area contributed by atoms with Crippen molar-refractivity contribution in [3.8, 4) is 0 Å². The van der Waals surface area contributed by atoms with Gasteiger partial charge in [0.1, 0.15) is 0 Å². The van der Waals surface area contributed by atoms with Crippen molar-refractivity contribution in [2.45, 2.75) is 52.4 Å². The van der Waals surface area contributed by atoms with Crippen molar-refractivity contribution in [2.75, 3.05) is 0 Å². The van der Waals surface area contributed by atoms with Crippen molar-refractivity contribution in [1.29, 1.82) is 0 Å². The number of benzene rings is 3. The van der Waals surface area contributed by atoms with Crippen LogP contribution in [0.1, 0.15) is 59.6 Å². The van der Waals surface area contributed by atoms with Gasteiger partial charge in [-0.25, -0.2) is 0 Å².